The van der Waals surface area contributed by atoms with E-state index >= 15 is 0 Å². The molecule has 0 saturated heterocycles. The van der Waals surface area contributed by atoms with E-state index in [9.17, 15) is 0 Å². The second kappa shape index (κ2) is 12.3. The molecule has 0 aromatic heterocycles. The fourth-order valence-corrected chi connectivity index (χ4v) is 0.327. The lowest BCUT2D eigenvalue weighted by Gasteiger charge is -2.00. The van der Waals surface area contributed by atoms with Gasteiger partial charge in [0.25, 0.3) is 0 Å². The van der Waals surface area contributed by atoms with E-state index in [0.29, 0.717) is 0 Å². The second-order valence-electron chi connectivity index (χ2n) is 1.35. The largest absolute Gasteiger partial charge is 0.179 e. The highest BCUT2D eigenvalue weighted by atomic mass is 32.1. The van der Waals surface area contributed by atoms with Gasteiger partial charge in [-0.1, -0.05) is 64.2 Å². The third-order valence-electron chi connectivity index (χ3n) is 0.614. The van der Waals surface area contributed by atoms with Crippen LogP contribution in [0.15, 0.2) is 0 Å². The minimum absolute atomic E-state index is 0.706. The zero-order valence-corrected chi connectivity index (χ0v) is 7.22. The Balaban J connectivity index is 7.31. The summed E-state index contributed by atoms with van der Waals surface area (Å²) < 4.78 is 201. The maximum atomic E-state index is 8.01. The van der Waals surface area contributed by atoms with Crippen molar-refractivity contribution in [3.8, 4) is 0 Å². The van der Waals surface area contributed by atoms with Crippen LogP contribution in [-0.2, 0) is 0 Å². The lowest BCUT2D eigenvalue weighted by atomic mass is 10.1. The fourth-order valence-electron chi connectivity index (χ4n) is 0.276. The quantitative estimate of drug-likeness (QED) is 0.481. The van der Waals surface area contributed by atoms with Crippen LogP contribution in [0.5, 0.6) is 0 Å². The number of rotatable bonds is 11. The van der Waals surface area contributed by atoms with Crippen LogP contribution in [0.3, 0.4) is 0 Å². The molecule has 0 atom stereocenters. The van der Waals surface area contributed by atoms with Crippen molar-refractivity contribution in [2.24, 2.45) is 0 Å². The predicted octanol–water partition coefficient (Wildman–Crippen LogP) is 4.84. The normalized spacial score (nSPS) is 53.2. The molecule has 0 spiro atoms. The summed E-state index contributed by atoms with van der Waals surface area (Å²) in [6, 6.07) is 0. The molecule has 0 rings (SSSR count). The summed E-state index contributed by atoms with van der Waals surface area (Å²) in [7, 11) is 0. The van der Waals surface area contributed by atoms with Crippen LogP contribution in [0.4, 0.5) is 0 Å². The standard InChI is InChI=1S/C12H26S/c1-2-3-4-5-6-7-8-9-10-11-12-13/h13H,2-12H2,1H3/i1D3,2D2,3D2,4D2,5D2,6D2,7D2,8D2,9D2,10D2,11D2,12D2/hD. The van der Waals surface area contributed by atoms with Gasteiger partial charge in [-0.15, -0.1) is 0 Å². The van der Waals surface area contributed by atoms with Gasteiger partial charge in [0.15, 0.2) is 0 Å². The van der Waals surface area contributed by atoms with Crippen molar-refractivity contribution in [3.05, 3.63) is 0 Å². The highest BCUT2D eigenvalue weighted by Crippen LogP contribution is 2.10. The van der Waals surface area contributed by atoms with Gasteiger partial charge in [-0.05, 0) is 12.1 Å². The molecule has 0 aliphatic rings. The summed E-state index contributed by atoms with van der Waals surface area (Å²) in [6.45, 7) is -3.99. The topological polar surface area (TPSA) is 0 Å². The van der Waals surface area contributed by atoms with E-state index in [1.165, 1.54) is 0 Å². The summed E-state index contributed by atoms with van der Waals surface area (Å²) in [4.78, 5) is 0. The van der Waals surface area contributed by atoms with Crippen LogP contribution >= 0.6 is 12.5 Å². The first-order valence-electron chi connectivity index (χ1n) is 15.9. The minimum Gasteiger partial charge on any atom is -0.179 e. The Morgan fingerprint density at radius 3 is 2.00 bits per heavy atom. The van der Waals surface area contributed by atoms with Crippen molar-refractivity contribution >= 4 is 12.5 Å². The van der Waals surface area contributed by atoms with E-state index < -0.39 is 88.8 Å². The predicted molar refractivity (Wildman–Crippen MR) is 65.7 cm³/mol. The van der Waals surface area contributed by atoms with Crippen molar-refractivity contribution < 1.29 is 34.3 Å². The highest BCUT2D eigenvalue weighted by Gasteiger charge is 1.91. The van der Waals surface area contributed by atoms with Gasteiger partial charge in [-0.25, -0.2) is 0 Å². The van der Waals surface area contributed by atoms with E-state index in [1.807, 2.05) is 0 Å². The molecule has 0 fully saturated rings. The van der Waals surface area contributed by atoms with Crippen LogP contribution in [0.1, 0.15) is 105 Å². The van der Waals surface area contributed by atoms with E-state index in [1.54, 1.807) is 0 Å². The molecule has 1 heteroatoms. The molecule has 0 aromatic rings. The van der Waals surface area contributed by atoms with Crippen molar-refractivity contribution in [3.63, 3.8) is 0 Å². The maximum absolute atomic E-state index is 8.01. The molecule has 0 aliphatic carbocycles. The summed E-state index contributed by atoms with van der Waals surface area (Å²) in [5, 5.41) is 0. The van der Waals surface area contributed by atoms with Gasteiger partial charge in [-0.2, -0.15) is 12.5 Å². The molecular formula is C12H26S. The zero-order chi connectivity index (χ0) is 32.7. The summed E-state index contributed by atoms with van der Waals surface area (Å²) in [5.41, 5.74) is -3.62. The molecule has 0 nitrogen and oxygen atoms in total. The smallest absolute Gasteiger partial charge is 0.102 e. The van der Waals surface area contributed by atoms with Gasteiger partial charge in [0.1, 0.15) is 1.12 Å². The molecule has 0 N–H and O–H groups in total. The Labute approximate surface area is 126 Å². The van der Waals surface area contributed by atoms with Crippen LogP contribution in [-0.4, -0.2) is 6.83 Å². The van der Waals surface area contributed by atoms with Gasteiger partial charge < -0.3 is 0 Å². The first kappa shape index (κ1) is 1.38. The molecular weight excluding hydrogens is 176 g/mol. The number of thiol groups is 1. The van der Waals surface area contributed by atoms with E-state index in [2.05, 4.69) is 0 Å². The van der Waals surface area contributed by atoms with Crippen LogP contribution in [0.2, 0.25) is 0 Å². The SMILES string of the molecule is [2H]SC([2H])([2H])C([2H])([2H])C([2H])([2H])C([2H])([2H])C([2H])([2H])C([2H])([2H])C([2H])([2H])C([2H])([2H])C([2H])([2H])C([2H])([2H])C([2H])([2H])C([2H])([2H])[2H]. The third-order valence-corrected chi connectivity index (χ3v) is 0.716. The summed E-state index contributed by atoms with van der Waals surface area (Å²) in [6.07, 6.45) is -45.8. The van der Waals surface area contributed by atoms with E-state index in [0.717, 1.165) is 0 Å². The lowest BCUT2D eigenvalue weighted by molar-refractivity contribution is 0.563. The van der Waals surface area contributed by atoms with Gasteiger partial charge in [0, 0.05) is 34.3 Å². The van der Waals surface area contributed by atoms with Crippen molar-refractivity contribution in [2.45, 2.75) is 70.6 Å². The van der Waals surface area contributed by atoms with Crippen molar-refractivity contribution in [1.29, 1.82) is 1.12 Å². The molecule has 0 heterocycles. The first-order valence-corrected chi connectivity index (χ1v) is 3.36. The fraction of sp³-hybridized carbons (Fsp3) is 1.00. The molecule has 80 valence electrons. The second-order valence-corrected chi connectivity index (χ2v) is 1.56. The molecule has 0 unspecified atom stereocenters. The average Bonchev–Trinajstić information content (AvgIpc) is 2.71. The van der Waals surface area contributed by atoms with E-state index in [-0.39, 0.29) is 0 Å². The van der Waals surface area contributed by atoms with E-state index in [4.69, 9.17) is 35.4 Å². The highest BCUT2D eigenvalue weighted by molar-refractivity contribution is 7.80. The third kappa shape index (κ3) is 12.4. The summed E-state index contributed by atoms with van der Waals surface area (Å²) >= 11 is -0.706. The summed E-state index contributed by atoms with van der Waals surface area (Å²) in [5.74, 6) is 0. The van der Waals surface area contributed by atoms with Gasteiger partial charge in [0.05, 0.1) is 0 Å². The van der Waals surface area contributed by atoms with Crippen molar-refractivity contribution in [1.82, 2.24) is 0 Å². The molecule has 0 saturated carbocycles. The number of hydrogen-bond donors (Lipinski definition) is 1. The van der Waals surface area contributed by atoms with Crippen LogP contribution in [0, 0.1) is 0 Å². The zero-order valence-electron chi connectivity index (χ0n) is 32.4. The Morgan fingerprint density at radius 2 is 1.46 bits per heavy atom. The van der Waals surface area contributed by atoms with Gasteiger partial charge in [-0.3, -0.25) is 0 Å². The average molecular weight is 229 g/mol. The molecule has 0 amide bonds. The van der Waals surface area contributed by atoms with Gasteiger partial charge >= 0.3 is 0 Å². The Bertz CT molecular complexity index is 891. The maximum Gasteiger partial charge on any atom is 0.102 e. The molecule has 0 bridgehead atoms. The molecule has 0 aromatic carbocycles. The Morgan fingerprint density at radius 1 is 0.923 bits per heavy atom. The molecule has 13 heavy (non-hydrogen) atoms. The van der Waals surface area contributed by atoms with Crippen LogP contribution < -0.4 is 0 Å². The monoisotopic (exact) mass is 228 g/mol. The Hall–Kier alpha value is 0.350. The lowest BCUT2D eigenvalue weighted by Crippen LogP contribution is -1.81. The number of hydrogen-bond acceptors (Lipinski definition) is 1. The molecule has 0 aliphatic heterocycles. The van der Waals surface area contributed by atoms with Crippen LogP contribution in [0.25, 0.3) is 0 Å². The minimum atomic E-state index is -4.80. The van der Waals surface area contributed by atoms with Gasteiger partial charge in [0.2, 0.25) is 0 Å². The first-order chi connectivity index (χ1) is 16.3. The van der Waals surface area contributed by atoms with Crippen molar-refractivity contribution in [2.75, 3.05) is 5.70 Å². The Kier molecular flexibility index (Phi) is 1.32. The molecule has 0 radical (unpaired) electrons.